The highest BCUT2D eigenvalue weighted by molar-refractivity contribution is 6.00. The molecule has 0 unspecified atom stereocenters. The Bertz CT molecular complexity index is 890. The van der Waals surface area contributed by atoms with E-state index < -0.39 is 24.4 Å². The molecule has 3 rings (SSSR count). The number of carbonyl (C=O) groups excluding carboxylic acids is 2. The predicted octanol–water partition coefficient (Wildman–Crippen LogP) is 5.24. The van der Waals surface area contributed by atoms with Crippen LogP contribution in [0.2, 0.25) is 0 Å². The Hall–Kier alpha value is -2.51. The maximum Gasteiger partial charge on any atom is 0.412 e. The average Bonchev–Trinajstić information content (AvgIpc) is 2.85. The smallest absolute Gasteiger partial charge is 0.412 e. The molecule has 0 radical (unpaired) electrons. The number of carbonyl (C=O) groups is 2. The Morgan fingerprint density at radius 1 is 1.29 bits per heavy atom. The van der Waals surface area contributed by atoms with Crippen molar-refractivity contribution >= 4 is 29.0 Å². The van der Waals surface area contributed by atoms with Gasteiger partial charge in [-0.05, 0) is 63.3 Å². The van der Waals surface area contributed by atoms with Crippen LogP contribution in [-0.2, 0) is 16.1 Å². The minimum atomic E-state index is -4.36. The number of rotatable bonds is 4. The molecular formula is C20H23F3N2O3. The molecule has 8 heteroatoms. The number of amides is 1. The van der Waals surface area contributed by atoms with E-state index in [1.807, 2.05) is 0 Å². The summed E-state index contributed by atoms with van der Waals surface area (Å²) in [6.45, 7) is 4.07. The van der Waals surface area contributed by atoms with Gasteiger partial charge in [0.2, 0.25) is 0 Å². The zero-order valence-electron chi connectivity index (χ0n) is 16.0. The summed E-state index contributed by atoms with van der Waals surface area (Å²) in [6.07, 6.45) is -1.46. The largest absolute Gasteiger partial charge is 0.444 e. The van der Waals surface area contributed by atoms with Crippen LogP contribution in [0.3, 0.4) is 0 Å². The maximum absolute atomic E-state index is 12.9. The van der Waals surface area contributed by atoms with Crippen LogP contribution in [0.4, 0.5) is 23.7 Å². The van der Waals surface area contributed by atoms with E-state index in [-0.39, 0.29) is 11.8 Å². The van der Waals surface area contributed by atoms with Gasteiger partial charge in [0.1, 0.15) is 18.4 Å². The third-order valence-corrected chi connectivity index (χ3v) is 4.73. The second kappa shape index (κ2) is 7.14. The van der Waals surface area contributed by atoms with Crippen molar-refractivity contribution in [1.82, 2.24) is 4.57 Å². The lowest BCUT2D eigenvalue weighted by Gasteiger charge is -2.32. The number of alkyl halides is 3. The summed E-state index contributed by atoms with van der Waals surface area (Å²) in [5, 5.41) is 3.17. The molecule has 1 amide bonds. The standard InChI is InChI=1S/C20H23F3N2O3/c1-19(2,3)28-18(27)24-16-8-14(13-6-12(7-13)10-26)9-17-15(16)4-5-25(17)11-20(21,22)23/h4-5,8-10,12-13H,6-7,11H2,1-3H3,(H,24,27). The van der Waals surface area contributed by atoms with Gasteiger partial charge < -0.3 is 14.1 Å². The Labute approximate surface area is 160 Å². The minimum Gasteiger partial charge on any atom is -0.444 e. The van der Waals surface area contributed by atoms with Crippen LogP contribution in [-0.4, -0.2) is 28.7 Å². The highest BCUT2D eigenvalue weighted by Crippen LogP contribution is 2.43. The third-order valence-electron chi connectivity index (χ3n) is 4.73. The van der Waals surface area contributed by atoms with Gasteiger partial charge in [-0.1, -0.05) is 0 Å². The van der Waals surface area contributed by atoms with Gasteiger partial charge in [-0.3, -0.25) is 5.32 Å². The fourth-order valence-electron chi connectivity index (χ4n) is 3.45. The zero-order chi connectivity index (χ0) is 20.7. The molecule has 0 spiro atoms. The monoisotopic (exact) mass is 396 g/mol. The van der Waals surface area contributed by atoms with Crippen molar-refractivity contribution in [3.8, 4) is 0 Å². The van der Waals surface area contributed by atoms with E-state index in [1.165, 1.54) is 6.20 Å². The molecule has 0 atom stereocenters. The number of benzene rings is 1. The van der Waals surface area contributed by atoms with Crippen molar-refractivity contribution in [3.05, 3.63) is 30.0 Å². The number of nitrogens with zero attached hydrogens (tertiary/aromatic N) is 1. The fourth-order valence-corrected chi connectivity index (χ4v) is 3.45. The lowest BCUT2D eigenvalue weighted by atomic mass is 9.72. The molecule has 1 aromatic carbocycles. The van der Waals surface area contributed by atoms with E-state index in [9.17, 15) is 22.8 Å². The van der Waals surface area contributed by atoms with Crippen molar-refractivity contribution in [2.24, 2.45) is 5.92 Å². The molecular weight excluding hydrogens is 373 g/mol. The Kier molecular flexibility index (Phi) is 5.16. The number of fused-ring (bicyclic) bond motifs is 1. The molecule has 0 aliphatic heterocycles. The van der Waals surface area contributed by atoms with Gasteiger partial charge >= 0.3 is 12.3 Å². The first-order valence-electron chi connectivity index (χ1n) is 9.10. The van der Waals surface area contributed by atoms with Gasteiger partial charge in [-0.15, -0.1) is 0 Å². The summed E-state index contributed by atoms with van der Waals surface area (Å²) >= 11 is 0. The van der Waals surface area contributed by atoms with Crippen molar-refractivity contribution in [2.45, 2.75) is 57.9 Å². The number of hydrogen-bond acceptors (Lipinski definition) is 3. The molecule has 1 aliphatic carbocycles. The molecule has 1 aromatic heterocycles. The van der Waals surface area contributed by atoms with Crippen molar-refractivity contribution < 1.29 is 27.5 Å². The second-order valence-corrected chi connectivity index (χ2v) is 8.25. The molecule has 5 nitrogen and oxygen atoms in total. The SMILES string of the molecule is CC(C)(C)OC(=O)Nc1cc(C2CC(C=O)C2)cc2c1ccn2CC(F)(F)F. The molecule has 1 fully saturated rings. The summed E-state index contributed by atoms with van der Waals surface area (Å²) in [6, 6.07) is 5.02. The number of halogens is 3. The average molecular weight is 396 g/mol. The van der Waals surface area contributed by atoms with Crippen LogP contribution in [0.1, 0.15) is 45.1 Å². The lowest BCUT2D eigenvalue weighted by Crippen LogP contribution is -2.27. The first-order valence-corrected chi connectivity index (χ1v) is 9.10. The number of hydrogen-bond donors (Lipinski definition) is 1. The number of ether oxygens (including phenoxy) is 1. The Morgan fingerprint density at radius 3 is 2.54 bits per heavy atom. The maximum atomic E-state index is 12.9. The lowest BCUT2D eigenvalue weighted by molar-refractivity contribution is -0.139. The number of nitrogens with one attached hydrogen (secondary N) is 1. The van der Waals surface area contributed by atoms with Gasteiger partial charge in [0, 0.05) is 17.5 Å². The van der Waals surface area contributed by atoms with E-state index in [4.69, 9.17) is 4.74 Å². The zero-order valence-corrected chi connectivity index (χ0v) is 16.0. The highest BCUT2D eigenvalue weighted by atomic mass is 19.4. The van der Waals surface area contributed by atoms with E-state index in [0.717, 1.165) is 16.4 Å². The molecule has 1 N–H and O–H groups in total. The van der Waals surface area contributed by atoms with E-state index in [2.05, 4.69) is 5.32 Å². The normalized spacial score (nSPS) is 19.9. The van der Waals surface area contributed by atoms with E-state index in [1.54, 1.807) is 39.0 Å². The van der Waals surface area contributed by atoms with Crippen LogP contribution in [0.5, 0.6) is 0 Å². The first-order chi connectivity index (χ1) is 12.9. The van der Waals surface area contributed by atoms with E-state index >= 15 is 0 Å². The van der Waals surface area contributed by atoms with Crippen LogP contribution in [0.25, 0.3) is 10.9 Å². The summed E-state index contributed by atoms with van der Waals surface area (Å²) in [5.74, 6) is 0.0537. The Morgan fingerprint density at radius 2 is 1.96 bits per heavy atom. The quantitative estimate of drug-likeness (QED) is 0.719. The topological polar surface area (TPSA) is 60.3 Å². The molecule has 1 heterocycles. The van der Waals surface area contributed by atoms with Crippen molar-refractivity contribution in [2.75, 3.05) is 5.32 Å². The Balaban J connectivity index is 1.98. The molecule has 0 bridgehead atoms. The van der Waals surface area contributed by atoms with Gasteiger partial charge in [-0.25, -0.2) is 4.79 Å². The summed E-state index contributed by atoms with van der Waals surface area (Å²) in [7, 11) is 0. The second-order valence-electron chi connectivity index (χ2n) is 8.25. The molecule has 152 valence electrons. The van der Waals surface area contributed by atoms with Crippen LogP contribution < -0.4 is 5.32 Å². The van der Waals surface area contributed by atoms with Gasteiger partial charge in [0.25, 0.3) is 0 Å². The number of anilines is 1. The summed E-state index contributed by atoms with van der Waals surface area (Å²) < 4.78 is 45.2. The highest BCUT2D eigenvalue weighted by Gasteiger charge is 2.32. The van der Waals surface area contributed by atoms with Crippen molar-refractivity contribution in [3.63, 3.8) is 0 Å². The fraction of sp³-hybridized carbons (Fsp3) is 0.500. The van der Waals surface area contributed by atoms with Gasteiger partial charge in [0.05, 0.1) is 11.2 Å². The predicted molar refractivity (Wildman–Crippen MR) is 99.4 cm³/mol. The minimum absolute atomic E-state index is 0.0232. The van der Waals surface area contributed by atoms with Crippen LogP contribution >= 0.6 is 0 Å². The van der Waals surface area contributed by atoms with Gasteiger partial charge in [0.15, 0.2) is 0 Å². The van der Waals surface area contributed by atoms with Crippen molar-refractivity contribution in [1.29, 1.82) is 0 Å². The molecule has 1 saturated carbocycles. The molecule has 0 saturated heterocycles. The van der Waals surface area contributed by atoms with E-state index in [0.29, 0.717) is 29.4 Å². The summed E-state index contributed by atoms with van der Waals surface area (Å²) in [4.78, 5) is 23.1. The molecule has 28 heavy (non-hydrogen) atoms. The van der Waals surface area contributed by atoms with Crippen LogP contribution in [0.15, 0.2) is 24.4 Å². The summed E-state index contributed by atoms with van der Waals surface area (Å²) in [5.41, 5.74) is 0.889. The third kappa shape index (κ3) is 4.66. The first kappa shape index (κ1) is 20.2. The number of aldehydes is 1. The molecule has 2 aromatic rings. The van der Waals surface area contributed by atoms with Gasteiger partial charge in [-0.2, -0.15) is 13.2 Å². The molecule has 1 aliphatic rings. The number of aromatic nitrogens is 1. The van der Waals surface area contributed by atoms with Crippen LogP contribution in [0, 0.1) is 5.92 Å².